The van der Waals surface area contributed by atoms with Crippen molar-refractivity contribution in [3.8, 4) is 5.13 Å². The highest BCUT2D eigenvalue weighted by Crippen LogP contribution is 2.36. The van der Waals surface area contributed by atoms with E-state index in [-0.39, 0.29) is 16.8 Å². The van der Waals surface area contributed by atoms with E-state index in [1.165, 1.54) is 16.0 Å². The third-order valence-corrected chi connectivity index (χ3v) is 5.43. The van der Waals surface area contributed by atoms with Crippen molar-refractivity contribution < 1.29 is 8.42 Å². The van der Waals surface area contributed by atoms with Crippen molar-refractivity contribution in [2.24, 2.45) is 5.92 Å². The Hall–Kier alpha value is -1.61. The number of nitrogens with two attached hydrogens (primary N) is 1. The maximum atomic E-state index is 12.0. The molecule has 21 heavy (non-hydrogen) atoms. The summed E-state index contributed by atoms with van der Waals surface area (Å²) in [5.74, 6) is 0.978. The largest absolute Gasteiger partial charge is 0.382 e. The molecule has 1 aliphatic rings. The second-order valence-electron chi connectivity index (χ2n) is 5.33. The third-order valence-electron chi connectivity index (χ3n) is 3.54. The lowest BCUT2D eigenvalue weighted by atomic mass is 10.2. The molecular weight excluding hydrogens is 310 g/mol. The summed E-state index contributed by atoms with van der Waals surface area (Å²) < 4.78 is 25.4. The van der Waals surface area contributed by atoms with Gasteiger partial charge in [-0.1, -0.05) is 0 Å². The zero-order valence-electron chi connectivity index (χ0n) is 11.8. The van der Waals surface area contributed by atoms with Gasteiger partial charge in [0.1, 0.15) is 0 Å². The van der Waals surface area contributed by atoms with Crippen molar-refractivity contribution >= 4 is 32.8 Å². The van der Waals surface area contributed by atoms with E-state index in [1.54, 1.807) is 11.6 Å². The molecule has 0 aromatic carbocycles. The maximum absolute atomic E-state index is 12.0. The fourth-order valence-electron chi connectivity index (χ4n) is 2.27. The number of nitrogens with zero attached hydrogens (tertiary/aromatic N) is 3. The van der Waals surface area contributed by atoms with Crippen molar-refractivity contribution in [2.45, 2.75) is 30.7 Å². The minimum absolute atomic E-state index is 0.0465. The first-order chi connectivity index (χ1) is 9.88. The summed E-state index contributed by atoms with van der Waals surface area (Å²) in [5, 5.41) is 9.84. The van der Waals surface area contributed by atoms with E-state index in [0.29, 0.717) is 16.9 Å². The van der Waals surface area contributed by atoms with Crippen molar-refractivity contribution in [3.63, 3.8) is 0 Å². The molecule has 3 N–H and O–H groups in total. The van der Waals surface area contributed by atoms with Gasteiger partial charge in [-0.2, -0.15) is 4.68 Å². The lowest BCUT2D eigenvalue weighted by molar-refractivity contribution is 0.602. The minimum Gasteiger partial charge on any atom is -0.382 e. The fourth-order valence-corrected chi connectivity index (χ4v) is 3.79. The van der Waals surface area contributed by atoms with Crippen LogP contribution in [0.25, 0.3) is 5.13 Å². The van der Waals surface area contributed by atoms with Gasteiger partial charge in [-0.15, -0.1) is 16.4 Å². The highest BCUT2D eigenvalue weighted by atomic mass is 32.2. The van der Waals surface area contributed by atoms with Crippen molar-refractivity contribution in [1.82, 2.24) is 14.8 Å². The van der Waals surface area contributed by atoms with E-state index >= 15 is 0 Å². The predicted molar refractivity (Wildman–Crippen MR) is 82.6 cm³/mol. The zero-order valence-corrected chi connectivity index (χ0v) is 13.4. The lowest BCUT2D eigenvalue weighted by Crippen LogP contribution is -2.19. The summed E-state index contributed by atoms with van der Waals surface area (Å²) >= 11 is 1.35. The fraction of sp³-hybridized carbons (Fsp3) is 0.500. The summed E-state index contributed by atoms with van der Waals surface area (Å²) in [4.78, 5) is 4.17. The summed E-state index contributed by atoms with van der Waals surface area (Å²) in [6.07, 6.45) is 5.08. The third kappa shape index (κ3) is 2.75. The van der Waals surface area contributed by atoms with Gasteiger partial charge in [0.25, 0.3) is 0 Å². The van der Waals surface area contributed by atoms with Gasteiger partial charge in [-0.05, 0) is 25.7 Å². The zero-order chi connectivity index (χ0) is 15.2. The number of nitrogen functional groups attached to an aromatic ring is 1. The van der Waals surface area contributed by atoms with E-state index in [0.717, 1.165) is 19.1 Å². The first-order valence-electron chi connectivity index (χ1n) is 6.63. The quantitative estimate of drug-likeness (QED) is 0.863. The SMILES string of the molecule is CC(Nc1nn(-c2nccs2)c(N)c1S(C)(=O)=O)C1CC1. The van der Waals surface area contributed by atoms with Gasteiger partial charge in [0.2, 0.25) is 5.13 Å². The number of thiazole rings is 1. The molecule has 114 valence electrons. The molecule has 7 nitrogen and oxygen atoms in total. The van der Waals surface area contributed by atoms with Crippen LogP contribution in [0.2, 0.25) is 0 Å². The van der Waals surface area contributed by atoms with Crippen molar-refractivity contribution in [1.29, 1.82) is 0 Å². The molecule has 1 unspecified atom stereocenters. The molecule has 1 atom stereocenters. The number of nitrogens with one attached hydrogen (secondary N) is 1. The van der Waals surface area contributed by atoms with Crippen LogP contribution >= 0.6 is 11.3 Å². The second-order valence-corrected chi connectivity index (χ2v) is 8.16. The standard InChI is InChI=1S/C12H17N5O2S2/c1-7(8-3-4-8)15-11-9(21(2,18)19)10(13)17(16-11)12-14-5-6-20-12/h5-8H,3-4,13H2,1-2H3,(H,15,16). The molecule has 0 bridgehead atoms. The highest BCUT2D eigenvalue weighted by molar-refractivity contribution is 7.91. The van der Waals surface area contributed by atoms with Crippen LogP contribution in [-0.4, -0.2) is 35.5 Å². The van der Waals surface area contributed by atoms with Crippen molar-refractivity contribution in [2.75, 3.05) is 17.3 Å². The van der Waals surface area contributed by atoms with Crippen LogP contribution in [0.3, 0.4) is 0 Å². The molecule has 2 heterocycles. The van der Waals surface area contributed by atoms with Gasteiger partial charge >= 0.3 is 0 Å². The summed E-state index contributed by atoms with van der Waals surface area (Å²) in [6, 6.07) is 0.171. The van der Waals surface area contributed by atoms with Crippen molar-refractivity contribution in [3.05, 3.63) is 11.6 Å². The molecule has 0 radical (unpaired) electrons. The Kier molecular flexibility index (Phi) is 3.40. The molecule has 1 fully saturated rings. The Morgan fingerprint density at radius 1 is 1.52 bits per heavy atom. The number of hydrogen-bond donors (Lipinski definition) is 2. The number of hydrogen-bond acceptors (Lipinski definition) is 7. The second kappa shape index (κ2) is 4.99. The van der Waals surface area contributed by atoms with Gasteiger partial charge in [-0.25, -0.2) is 13.4 Å². The van der Waals surface area contributed by atoms with Crippen LogP contribution in [0.1, 0.15) is 19.8 Å². The topological polar surface area (TPSA) is 103 Å². The van der Waals surface area contributed by atoms with E-state index < -0.39 is 9.84 Å². The van der Waals surface area contributed by atoms with Gasteiger partial charge in [0.05, 0.1) is 0 Å². The Bertz CT molecular complexity index is 747. The number of sulfone groups is 1. The maximum Gasteiger partial charge on any atom is 0.212 e. The van der Waals surface area contributed by atoms with Gasteiger partial charge in [0.15, 0.2) is 26.4 Å². The summed E-state index contributed by atoms with van der Waals surface area (Å²) in [6.45, 7) is 2.03. The number of anilines is 2. The molecule has 1 aliphatic carbocycles. The number of aromatic nitrogens is 3. The van der Waals surface area contributed by atoms with Crippen LogP contribution in [-0.2, 0) is 9.84 Å². The van der Waals surface area contributed by atoms with Crippen LogP contribution in [0, 0.1) is 5.92 Å². The Balaban J connectivity index is 2.06. The van der Waals surface area contributed by atoms with Gasteiger partial charge in [-0.3, -0.25) is 0 Å². The average Bonchev–Trinajstić information content (AvgIpc) is 2.99. The lowest BCUT2D eigenvalue weighted by Gasteiger charge is -2.12. The molecule has 0 aliphatic heterocycles. The molecule has 1 saturated carbocycles. The highest BCUT2D eigenvalue weighted by Gasteiger charge is 2.31. The Morgan fingerprint density at radius 3 is 2.76 bits per heavy atom. The first-order valence-corrected chi connectivity index (χ1v) is 9.40. The first kappa shape index (κ1) is 14.3. The number of rotatable bonds is 5. The van der Waals surface area contributed by atoms with E-state index in [9.17, 15) is 8.42 Å². The minimum atomic E-state index is -3.48. The molecule has 3 rings (SSSR count). The Morgan fingerprint density at radius 2 is 2.24 bits per heavy atom. The molecule has 2 aromatic rings. The van der Waals surface area contributed by atoms with Gasteiger partial charge < -0.3 is 11.1 Å². The summed E-state index contributed by atoms with van der Waals surface area (Å²) in [5.41, 5.74) is 6.00. The Labute approximate surface area is 127 Å². The molecule has 2 aromatic heterocycles. The monoisotopic (exact) mass is 327 g/mol. The van der Waals surface area contributed by atoms with Crippen LogP contribution < -0.4 is 11.1 Å². The van der Waals surface area contributed by atoms with Crippen LogP contribution in [0.4, 0.5) is 11.6 Å². The van der Waals surface area contributed by atoms with Crippen LogP contribution in [0.15, 0.2) is 16.5 Å². The molecule has 0 amide bonds. The predicted octanol–water partition coefficient (Wildman–Crippen LogP) is 1.52. The molecular formula is C12H17N5O2S2. The van der Waals surface area contributed by atoms with E-state index in [2.05, 4.69) is 15.4 Å². The average molecular weight is 327 g/mol. The van der Waals surface area contributed by atoms with E-state index in [4.69, 9.17) is 5.73 Å². The smallest absolute Gasteiger partial charge is 0.212 e. The van der Waals surface area contributed by atoms with Gasteiger partial charge in [0, 0.05) is 23.9 Å². The van der Waals surface area contributed by atoms with E-state index in [1.807, 2.05) is 6.92 Å². The van der Waals surface area contributed by atoms with Crippen LogP contribution in [0.5, 0.6) is 0 Å². The summed E-state index contributed by atoms with van der Waals surface area (Å²) in [7, 11) is -3.48. The molecule has 0 spiro atoms. The normalized spacial score (nSPS) is 16.9. The molecule has 9 heteroatoms. The molecule has 0 saturated heterocycles.